The van der Waals surface area contributed by atoms with Crippen molar-refractivity contribution in [1.29, 1.82) is 0 Å². The molecule has 4 nitrogen and oxygen atoms in total. The SMILES string of the molecule is CC[C@@H](Oc1ccccc1OC)C(=O)N(Cc1ccccc1)Cc1ccccc1. The van der Waals surface area contributed by atoms with Gasteiger partial charge in [0, 0.05) is 13.1 Å². The highest BCUT2D eigenvalue weighted by atomic mass is 16.5. The molecule has 1 atom stereocenters. The van der Waals surface area contributed by atoms with Crippen LogP contribution in [0.25, 0.3) is 0 Å². The van der Waals surface area contributed by atoms with Gasteiger partial charge < -0.3 is 14.4 Å². The van der Waals surface area contributed by atoms with E-state index in [4.69, 9.17) is 9.47 Å². The van der Waals surface area contributed by atoms with E-state index in [2.05, 4.69) is 0 Å². The molecule has 0 saturated carbocycles. The number of amides is 1. The van der Waals surface area contributed by atoms with Gasteiger partial charge in [-0.3, -0.25) is 4.79 Å². The fourth-order valence-electron chi connectivity index (χ4n) is 3.20. The number of carbonyl (C=O) groups excluding carboxylic acids is 1. The molecule has 4 heteroatoms. The maximum Gasteiger partial charge on any atom is 0.264 e. The second kappa shape index (κ2) is 10.3. The molecule has 0 aliphatic carbocycles. The van der Waals surface area contributed by atoms with E-state index >= 15 is 0 Å². The Morgan fingerprint density at radius 2 is 1.28 bits per heavy atom. The Kier molecular flexibility index (Phi) is 7.28. The van der Waals surface area contributed by atoms with Crippen molar-refractivity contribution in [3.05, 3.63) is 96.1 Å². The number of methoxy groups -OCH3 is 1. The maximum absolute atomic E-state index is 13.4. The highest BCUT2D eigenvalue weighted by Gasteiger charge is 2.26. The molecule has 0 aliphatic rings. The van der Waals surface area contributed by atoms with Crippen LogP contribution in [0.5, 0.6) is 11.5 Å². The Balaban J connectivity index is 1.82. The monoisotopic (exact) mass is 389 g/mol. The molecule has 0 N–H and O–H groups in total. The molecule has 0 aliphatic heterocycles. The number of hydrogen-bond acceptors (Lipinski definition) is 3. The van der Waals surface area contributed by atoms with E-state index < -0.39 is 6.10 Å². The fraction of sp³-hybridized carbons (Fsp3) is 0.240. The van der Waals surface area contributed by atoms with E-state index in [1.807, 2.05) is 96.8 Å². The van der Waals surface area contributed by atoms with Gasteiger partial charge >= 0.3 is 0 Å². The highest BCUT2D eigenvalue weighted by Crippen LogP contribution is 2.28. The summed E-state index contributed by atoms with van der Waals surface area (Å²) in [6.07, 6.45) is -0.0181. The molecule has 3 aromatic carbocycles. The molecule has 0 fully saturated rings. The van der Waals surface area contributed by atoms with E-state index in [9.17, 15) is 4.79 Å². The summed E-state index contributed by atoms with van der Waals surface area (Å²) >= 11 is 0. The molecule has 0 spiro atoms. The van der Waals surface area contributed by atoms with Crippen molar-refractivity contribution in [3.63, 3.8) is 0 Å². The van der Waals surface area contributed by atoms with Gasteiger partial charge in [0.1, 0.15) is 0 Å². The quantitative estimate of drug-likeness (QED) is 0.512. The van der Waals surface area contributed by atoms with Gasteiger partial charge in [0.15, 0.2) is 17.6 Å². The minimum atomic E-state index is -0.585. The lowest BCUT2D eigenvalue weighted by molar-refractivity contribution is -0.140. The first kappa shape index (κ1) is 20.5. The minimum Gasteiger partial charge on any atom is -0.493 e. The zero-order valence-electron chi connectivity index (χ0n) is 17.0. The zero-order chi connectivity index (χ0) is 20.5. The lowest BCUT2D eigenvalue weighted by atomic mass is 10.1. The van der Waals surface area contributed by atoms with E-state index in [1.165, 1.54) is 0 Å². The normalized spacial score (nSPS) is 11.5. The van der Waals surface area contributed by atoms with Crippen LogP contribution in [0.15, 0.2) is 84.9 Å². The molecule has 1 amide bonds. The molecule has 3 rings (SSSR count). The summed E-state index contributed by atoms with van der Waals surface area (Å²) in [4.78, 5) is 15.3. The van der Waals surface area contributed by atoms with Gasteiger partial charge in [-0.1, -0.05) is 79.7 Å². The summed E-state index contributed by atoms with van der Waals surface area (Å²) in [7, 11) is 1.60. The first-order valence-corrected chi connectivity index (χ1v) is 9.87. The van der Waals surface area contributed by atoms with Crippen LogP contribution in [0.3, 0.4) is 0 Å². The third kappa shape index (κ3) is 5.61. The van der Waals surface area contributed by atoms with Crippen LogP contribution in [0.1, 0.15) is 24.5 Å². The first-order valence-electron chi connectivity index (χ1n) is 9.87. The van der Waals surface area contributed by atoms with Crippen molar-refractivity contribution in [1.82, 2.24) is 4.90 Å². The first-order chi connectivity index (χ1) is 14.2. The Labute approximate surface area is 172 Å². The molecule has 0 bridgehead atoms. The molecular weight excluding hydrogens is 362 g/mol. The van der Waals surface area contributed by atoms with Crippen LogP contribution < -0.4 is 9.47 Å². The number of carbonyl (C=O) groups is 1. The lowest BCUT2D eigenvalue weighted by Crippen LogP contribution is -2.41. The molecule has 0 aromatic heterocycles. The van der Waals surface area contributed by atoms with Gasteiger partial charge in [0.2, 0.25) is 0 Å². The van der Waals surface area contributed by atoms with Crippen LogP contribution in [-0.4, -0.2) is 24.0 Å². The van der Waals surface area contributed by atoms with Crippen LogP contribution in [0, 0.1) is 0 Å². The Morgan fingerprint density at radius 1 is 0.793 bits per heavy atom. The van der Waals surface area contributed by atoms with Gasteiger partial charge in [-0.2, -0.15) is 0 Å². The number of para-hydroxylation sites is 2. The van der Waals surface area contributed by atoms with Crippen molar-refractivity contribution in [3.8, 4) is 11.5 Å². The Hall–Kier alpha value is -3.27. The van der Waals surface area contributed by atoms with E-state index in [-0.39, 0.29) is 5.91 Å². The average Bonchev–Trinajstić information content (AvgIpc) is 2.78. The molecule has 0 unspecified atom stereocenters. The van der Waals surface area contributed by atoms with Gasteiger partial charge in [0.25, 0.3) is 5.91 Å². The van der Waals surface area contributed by atoms with Gasteiger partial charge in [0.05, 0.1) is 7.11 Å². The summed E-state index contributed by atoms with van der Waals surface area (Å²) in [5.41, 5.74) is 2.17. The van der Waals surface area contributed by atoms with Crippen LogP contribution in [-0.2, 0) is 17.9 Å². The third-order valence-electron chi connectivity index (χ3n) is 4.73. The van der Waals surface area contributed by atoms with E-state index in [0.717, 1.165) is 11.1 Å². The Morgan fingerprint density at radius 3 is 1.76 bits per heavy atom. The van der Waals surface area contributed by atoms with Crippen LogP contribution in [0.2, 0.25) is 0 Å². The second-order valence-corrected chi connectivity index (χ2v) is 6.83. The number of hydrogen-bond donors (Lipinski definition) is 0. The van der Waals surface area contributed by atoms with E-state index in [1.54, 1.807) is 7.11 Å². The lowest BCUT2D eigenvalue weighted by Gasteiger charge is -2.28. The predicted octanol–water partition coefficient (Wildman–Crippen LogP) is 5.08. The number of ether oxygens (including phenoxy) is 2. The van der Waals surface area contributed by atoms with Crippen molar-refractivity contribution in [2.45, 2.75) is 32.5 Å². The van der Waals surface area contributed by atoms with Crippen LogP contribution in [0.4, 0.5) is 0 Å². The summed E-state index contributed by atoms with van der Waals surface area (Å²) in [6, 6.07) is 27.5. The van der Waals surface area contributed by atoms with Crippen molar-refractivity contribution < 1.29 is 14.3 Å². The molecule has 0 saturated heterocycles. The van der Waals surface area contributed by atoms with E-state index in [0.29, 0.717) is 31.0 Å². The minimum absolute atomic E-state index is 0.0360. The summed E-state index contributed by atoms with van der Waals surface area (Å²) in [5, 5.41) is 0. The largest absolute Gasteiger partial charge is 0.493 e. The van der Waals surface area contributed by atoms with Crippen LogP contribution >= 0.6 is 0 Å². The maximum atomic E-state index is 13.4. The fourth-order valence-corrected chi connectivity index (χ4v) is 3.20. The highest BCUT2D eigenvalue weighted by molar-refractivity contribution is 5.81. The smallest absolute Gasteiger partial charge is 0.264 e. The molecule has 150 valence electrons. The predicted molar refractivity (Wildman–Crippen MR) is 115 cm³/mol. The van der Waals surface area contributed by atoms with Crippen molar-refractivity contribution in [2.24, 2.45) is 0 Å². The topological polar surface area (TPSA) is 38.8 Å². The molecule has 0 heterocycles. The average molecular weight is 389 g/mol. The molecule has 29 heavy (non-hydrogen) atoms. The molecule has 0 radical (unpaired) electrons. The van der Waals surface area contributed by atoms with Gasteiger partial charge in [-0.15, -0.1) is 0 Å². The molecular formula is C25H27NO3. The van der Waals surface area contributed by atoms with Crippen molar-refractivity contribution in [2.75, 3.05) is 7.11 Å². The Bertz CT molecular complexity index is 855. The van der Waals surface area contributed by atoms with Crippen molar-refractivity contribution >= 4 is 5.91 Å². The third-order valence-corrected chi connectivity index (χ3v) is 4.73. The summed E-state index contributed by atoms with van der Waals surface area (Å²) in [5.74, 6) is 1.16. The second-order valence-electron chi connectivity index (χ2n) is 6.83. The molecule has 3 aromatic rings. The number of nitrogens with zero attached hydrogens (tertiary/aromatic N) is 1. The van der Waals surface area contributed by atoms with Gasteiger partial charge in [-0.05, 0) is 29.7 Å². The summed E-state index contributed by atoms with van der Waals surface area (Å²) < 4.78 is 11.5. The number of benzene rings is 3. The van der Waals surface area contributed by atoms with Gasteiger partial charge in [-0.25, -0.2) is 0 Å². The standard InChI is InChI=1S/C25H27NO3/c1-3-22(29-24-17-11-10-16-23(24)28-2)25(27)26(18-20-12-6-4-7-13-20)19-21-14-8-5-9-15-21/h4-17,22H,3,18-19H2,1-2H3/t22-/m1/s1. The number of rotatable bonds is 9. The zero-order valence-corrected chi connectivity index (χ0v) is 17.0. The summed E-state index contributed by atoms with van der Waals surface area (Å²) in [6.45, 7) is 3.02.